The lowest BCUT2D eigenvalue weighted by Crippen LogP contribution is -2.48. The Balaban J connectivity index is 2.15. The van der Waals surface area contributed by atoms with Gasteiger partial charge >= 0.3 is 0 Å². The molecule has 0 saturated carbocycles. The Morgan fingerprint density at radius 3 is 2.86 bits per heavy atom. The first-order chi connectivity index (χ1) is 9.88. The molecule has 1 atom stereocenters. The summed E-state index contributed by atoms with van der Waals surface area (Å²) in [4.78, 5) is 35.3. The third kappa shape index (κ3) is 3.28. The minimum atomic E-state index is -0.676. The Kier molecular flexibility index (Phi) is 4.06. The molecule has 0 bridgehead atoms. The van der Waals surface area contributed by atoms with Crippen LogP contribution in [0.4, 0.5) is 5.69 Å². The van der Waals surface area contributed by atoms with Crippen molar-refractivity contribution in [1.29, 1.82) is 0 Å². The van der Waals surface area contributed by atoms with E-state index in [1.807, 2.05) is 0 Å². The predicted octanol–water partition coefficient (Wildman–Crippen LogP) is 0.651. The standard InChI is InChI=1S/C13H15N3O5/c1-15-7-8(2-5-12(15)18)14-13(19)10-6-9(17)3-4-11(10)16(20)21/h3-4,6,8,17H,2,5,7H2,1H3,(H,14,19). The van der Waals surface area contributed by atoms with Crippen LogP contribution in [0, 0.1) is 10.1 Å². The van der Waals surface area contributed by atoms with Crippen molar-refractivity contribution in [1.82, 2.24) is 10.2 Å². The van der Waals surface area contributed by atoms with Gasteiger partial charge in [0.15, 0.2) is 0 Å². The molecule has 1 aromatic rings. The molecule has 2 amide bonds. The number of amides is 2. The monoisotopic (exact) mass is 293 g/mol. The molecule has 1 unspecified atom stereocenters. The van der Waals surface area contributed by atoms with Crippen LogP contribution in [0.5, 0.6) is 5.75 Å². The van der Waals surface area contributed by atoms with Gasteiger partial charge in [0, 0.05) is 32.1 Å². The molecule has 1 aliphatic rings. The van der Waals surface area contributed by atoms with Gasteiger partial charge in [0.1, 0.15) is 11.3 Å². The smallest absolute Gasteiger partial charge is 0.282 e. The molecule has 0 radical (unpaired) electrons. The number of hydrogen-bond acceptors (Lipinski definition) is 5. The molecule has 21 heavy (non-hydrogen) atoms. The first-order valence-electron chi connectivity index (χ1n) is 6.40. The van der Waals surface area contributed by atoms with Crippen molar-refractivity contribution in [3.8, 4) is 5.75 Å². The van der Waals surface area contributed by atoms with E-state index in [4.69, 9.17) is 0 Å². The third-order valence-electron chi connectivity index (χ3n) is 3.38. The van der Waals surface area contributed by atoms with Crippen LogP contribution in [0.3, 0.4) is 0 Å². The van der Waals surface area contributed by atoms with E-state index in [2.05, 4.69) is 5.32 Å². The van der Waals surface area contributed by atoms with E-state index in [0.717, 1.165) is 18.2 Å². The van der Waals surface area contributed by atoms with Gasteiger partial charge in [-0.1, -0.05) is 0 Å². The second kappa shape index (κ2) is 5.78. The number of nitrogens with one attached hydrogen (secondary N) is 1. The predicted molar refractivity (Wildman–Crippen MR) is 72.9 cm³/mol. The second-order valence-corrected chi connectivity index (χ2v) is 4.94. The number of phenolic OH excluding ortho intramolecular Hbond substituents is 1. The van der Waals surface area contributed by atoms with Crippen molar-refractivity contribution in [2.45, 2.75) is 18.9 Å². The summed E-state index contributed by atoms with van der Waals surface area (Å²) < 4.78 is 0. The van der Waals surface area contributed by atoms with Gasteiger partial charge in [-0.15, -0.1) is 0 Å². The van der Waals surface area contributed by atoms with E-state index >= 15 is 0 Å². The Morgan fingerprint density at radius 1 is 1.52 bits per heavy atom. The fourth-order valence-electron chi connectivity index (χ4n) is 2.26. The normalized spacial score (nSPS) is 18.4. The lowest BCUT2D eigenvalue weighted by Gasteiger charge is -2.30. The van der Waals surface area contributed by atoms with E-state index in [1.165, 1.54) is 4.90 Å². The summed E-state index contributed by atoms with van der Waals surface area (Å²) in [5.74, 6) is -0.851. The summed E-state index contributed by atoms with van der Waals surface area (Å²) in [5.41, 5.74) is -0.565. The zero-order valence-electron chi connectivity index (χ0n) is 11.4. The number of carbonyl (C=O) groups excluding carboxylic acids is 2. The average molecular weight is 293 g/mol. The number of likely N-dealkylation sites (tertiary alicyclic amines) is 1. The van der Waals surface area contributed by atoms with Crippen molar-refractivity contribution in [3.63, 3.8) is 0 Å². The second-order valence-electron chi connectivity index (χ2n) is 4.94. The average Bonchev–Trinajstić information content (AvgIpc) is 2.42. The number of hydrogen-bond donors (Lipinski definition) is 2. The lowest BCUT2D eigenvalue weighted by molar-refractivity contribution is -0.385. The zero-order valence-corrected chi connectivity index (χ0v) is 11.4. The first-order valence-corrected chi connectivity index (χ1v) is 6.40. The van der Waals surface area contributed by atoms with E-state index in [1.54, 1.807) is 7.05 Å². The molecule has 1 aromatic carbocycles. The van der Waals surface area contributed by atoms with Gasteiger partial charge < -0.3 is 15.3 Å². The molecular weight excluding hydrogens is 278 g/mol. The molecular formula is C13H15N3O5. The molecule has 0 aromatic heterocycles. The molecule has 1 fully saturated rings. The van der Waals surface area contributed by atoms with E-state index in [-0.39, 0.29) is 28.9 Å². The minimum absolute atomic E-state index is 0.00355. The topological polar surface area (TPSA) is 113 Å². The summed E-state index contributed by atoms with van der Waals surface area (Å²) in [6.07, 6.45) is 0.811. The summed E-state index contributed by atoms with van der Waals surface area (Å²) >= 11 is 0. The van der Waals surface area contributed by atoms with Gasteiger partial charge in [-0.2, -0.15) is 0 Å². The molecule has 2 N–H and O–H groups in total. The van der Waals surface area contributed by atoms with Gasteiger partial charge in [0.25, 0.3) is 11.6 Å². The largest absolute Gasteiger partial charge is 0.508 e. The maximum Gasteiger partial charge on any atom is 0.282 e. The molecule has 0 aliphatic carbocycles. The van der Waals surface area contributed by atoms with Gasteiger partial charge in [-0.3, -0.25) is 19.7 Å². The van der Waals surface area contributed by atoms with Crippen molar-refractivity contribution < 1.29 is 19.6 Å². The van der Waals surface area contributed by atoms with Crippen molar-refractivity contribution >= 4 is 17.5 Å². The number of carbonyl (C=O) groups is 2. The molecule has 8 heteroatoms. The highest BCUT2D eigenvalue weighted by atomic mass is 16.6. The van der Waals surface area contributed by atoms with Crippen LogP contribution in [0.2, 0.25) is 0 Å². The van der Waals surface area contributed by atoms with E-state index in [0.29, 0.717) is 19.4 Å². The summed E-state index contributed by atoms with van der Waals surface area (Å²) in [7, 11) is 1.64. The SMILES string of the molecule is CN1CC(NC(=O)c2cc(O)ccc2[N+](=O)[O-])CCC1=O. The van der Waals surface area contributed by atoms with Crippen LogP contribution in [-0.2, 0) is 4.79 Å². The van der Waals surface area contributed by atoms with Crippen LogP contribution in [0.1, 0.15) is 23.2 Å². The van der Waals surface area contributed by atoms with Gasteiger partial charge in [0.2, 0.25) is 5.91 Å². The quantitative estimate of drug-likeness (QED) is 0.627. The van der Waals surface area contributed by atoms with Gasteiger partial charge in [-0.25, -0.2) is 0 Å². The maximum absolute atomic E-state index is 12.1. The summed E-state index contributed by atoms with van der Waals surface area (Å²) in [5, 5.41) is 23.0. The number of piperidine rings is 1. The molecule has 8 nitrogen and oxygen atoms in total. The number of aromatic hydroxyl groups is 1. The number of nitro benzene ring substituents is 1. The first kappa shape index (κ1) is 14.8. The number of likely N-dealkylation sites (N-methyl/N-ethyl adjacent to an activating group) is 1. The fraction of sp³-hybridized carbons (Fsp3) is 0.385. The number of rotatable bonds is 3. The number of phenols is 1. The summed E-state index contributed by atoms with van der Waals surface area (Å²) in [6, 6.07) is 3.04. The Bertz CT molecular complexity index is 601. The Morgan fingerprint density at radius 2 is 2.24 bits per heavy atom. The van der Waals surface area contributed by atoms with Crippen LogP contribution < -0.4 is 5.32 Å². The highest BCUT2D eigenvalue weighted by Crippen LogP contribution is 2.23. The molecule has 1 saturated heterocycles. The number of benzene rings is 1. The highest BCUT2D eigenvalue weighted by molar-refractivity contribution is 5.98. The van der Waals surface area contributed by atoms with Crippen molar-refractivity contribution in [2.24, 2.45) is 0 Å². The van der Waals surface area contributed by atoms with Crippen LogP contribution in [-0.4, -0.2) is 46.4 Å². The van der Waals surface area contributed by atoms with Crippen LogP contribution in [0.15, 0.2) is 18.2 Å². The van der Waals surface area contributed by atoms with Crippen LogP contribution in [0.25, 0.3) is 0 Å². The molecule has 0 spiro atoms. The Labute approximate surface area is 120 Å². The molecule has 2 rings (SSSR count). The minimum Gasteiger partial charge on any atom is -0.508 e. The summed E-state index contributed by atoms with van der Waals surface area (Å²) in [6.45, 7) is 0.358. The molecule has 1 aliphatic heterocycles. The lowest BCUT2D eigenvalue weighted by atomic mass is 10.0. The van der Waals surface area contributed by atoms with Gasteiger partial charge in [-0.05, 0) is 18.6 Å². The highest BCUT2D eigenvalue weighted by Gasteiger charge is 2.27. The third-order valence-corrected chi connectivity index (χ3v) is 3.38. The molecule has 1 heterocycles. The zero-order chi connectivity index (χ0) is 15.6. The van der Waals surface area contributed by atoms with E-state index in [9.17, 15) is 24.8 Å². The van der Waals surface area contributed by atoms with Crippen molar-refractivity contribution in [3.05, 3.63) is 33.9 Å². The number of nitro groups is 1. The van der Waals surface area contributed by atoms with E-state index < -0.39 is 10.8 Å². The Hall–Kier alpha value is -2.64. The van der Waals surface area contributed by atoms with Gasteiger partial charge in [0.05, 0.1) is 4.92 Å². The van der Waals surface area contributed by atoms with Crippen molar-refractivity contribution in [2.75, 3.05) is 13.6 Å². The molecule has 112 valence electrons. The fourth-order valence-corrected chi connectivity index (χ4v) is 2.26. The number of nitrogens with zero attached hydrogens (tertiary/aromatic N) is 2. The van der Waals surface area contributed by atoms with Crippen LogP contribution >= 0.6 is 0 Å². The maximum atomic E-state index is 12.1.